The highest BCUT2D eigenvalue weighted by molar-refractivity contribution is 6.23. The van der Waals surface area contributed by atoms with Crippen LogP contribution >= 0.6 is 0 Å². The number of carbonyl (C=O) groups is 5. The standard InChI is InChI=1S/C19H23N3O6/c1-9-6-7-13-14(8-9)18(26)22(17(13)25)12(4)16(24)20-10(2)15(23)21-11(3)19(27)28-5/h6-8,10-12H,1-5H3,(H,20,24)(H,21,23)/t10-,11-,12?/m0/s1. The summed E-state index contributed by atoms with van der Waals surface area (Å²) in [7, 11) is 1.20. The molecule has 3 atom stereocenters. The fourth-order valence-electron chi connectivity index (χ4n) is 2.82. The molecule has 2 N–H and O–H groups in total. The van der Waals surface area contributed by atoms with E-state index in [1.165, 1.54) is 27.9 Å². The van der Waals surface area contributed by atoms with Crippen LogP contribution in [0.3, 0.4) is 0 Å². The average Bonchev–Trinajstić information content (AvgIpc) is 2.90. The quantitative estimate of drug-likeness (QED) is 0.528. The smallest absolute Gasteiger partial charge is 0.328 e. The summed E-state index contributed by atoms with van der Waals surface area (Å²) in [6.07, 6.45) is 0. The number of ether oxygens (including phenoxy) is 1. The van der Waals surface area contributed by atoms with E-state index in [0.29, 0.717) is 0 Å². The Hall–Kier alpha value is -3.23. The lowest BCUT2D eigenvalue weighted by Crippen LogP contribution is -2.54. The number of carbonyl (C=O) groups excluding carboxylic acids is 5. The number of aryl methyl sites for hydroxylation is 1. The first-order chi connectivity index (χ1) is 13.1. The number of hydrogen-bond acceptors (Lipinski definition) is 6. The maximum absolute atomic E-state index is 12.6. The van der Waals surface area contributed by atoms with Gasteiger partial charge in [0.15, 0.2) is 0 Å². The van der Waals surface area contributed by atoms with Crippen LogP contribution in [0.1, 0.15) is 47.1 Å². The van der Waals surface area contributed by atoms with Crippen molar-refractivity contribution in [2.75, 3.05) is 7.11 Å². The van der Waals surface area contributed by atoms with Gasteiger partial charge in [0.1, 0.15) is 18.1 Å². The van der Waals surface area contributed by atoms with Crippen molar-refractivity contribution in [2.24, 2.45) is 0 Å². The van der Waals surface area contributed by atoms with Crippen molar-refractivity contribution in [3.63, 3.8) is 0 Å². The zero-order valence-electron chi connectivity index (χ0n) is 16.4. The van der Waals surface area contributed by atoms with Crippen molar-refractivity contribution in [1.29, 1.82) is 0 Å². The third kappa shape index (κ3) is 4.03. The highest BCUT2D eigenvalue weighted by Crippen LogP contribution is 2.25. The van der Waals surface area contributed by atoms with E-state index in [-0.39, 0.29) is 11.1 Å². The van der Waals surface area contributed by atoms with Crippen molar-refractivity contribution >= 4 is 29.6 Å². The second kappa shape index (κ2) is 8.20. The maximum Gasteiger partial charge on any atom is 0.328 e. The van der Waals surface area contributed by atoms with Crippen molar-refractivity contribution in [1.82, 2.24) is 15.5 Å². The summed E-state index contributed by atoms with van der Waals surface area (Å²) >= 11 is 0. The number of rotatable bonds is 6. The Morgan fingerprint density at radius 1 is 0.929 bits per heavy atom. The lowest BCUT2D eigenvalue weighted by molar-refractivity contribution is -0.144. The molecule has 0 aliphatic carbocycles. The van der Waals surface area contributed by atoms with Gasteiger partial charge in [-0.15, -0.1) is 0 Å². The molecule has 0 spiro atoms. The number of esters is 1. The van der Waals surface area contributed by atoms with Crippen molar-refractivity contribution < 1.29 is 28.7 Å². The minimum Gasteiger partial charge on any atom is -0.467 e. The molecule has 0 fully saturated rings. The molecule has 1 aromatic rings. The molecule has 9 nitrogen and oxygen atoms in total. The fraction of sp³-hybridized carbons (Fsp3) is 0.421. The van der Waals surface area contributed by atoms with E-state index in [0.717, 1.165) is 10.5 Å². The maximum atomic E-state index is 12.6. The van der Waals surface area contributed by atoms with Gasteiger partial charge >= 0.3 is 5.97 Å². The summed E-state index contributed by atoms with van der Waals surface area (Å²) in [5.74, 6) is -3.00. The summed E-state index contributed by atoms with van der Waals surface area (Å²) in [5.41, 5.74) is 1.32. The minimum atomic E-state index is -1.11. The lowest BCUT2D eigenvalue weighted by atomic mass is 10.1. The Bertz CT molecular complexity index is 850. The van der Waals surface area contributed by atoms with E-state index in [4.69, 9.17) is 0 Å². The molecule has 1 aliphatic heterocycles. The Balaban J connectivity index is 2.05. The first-order valence-electron chi connectivity index (χ1n) is 8.75. The number of fused-ring (bicyclic) bond motifs is 1. The Morgan fingerprint density at radius 3 is 2.11 bits per heavy atom. The first-order valence-corrected chi connectivity index (χ1v) is 8.75. The van der Waals surface area contributed by atoms with Crippen LogP contribution in [-0.4, -0.2) is 59.7 Å². The molecule has 28 heavy (non-hydrogen) atoms. The van der Waals surface area contributed by atoms with Crippen molar-refractivity contribution in [2.45, 2.75) is 45.8 Å². The van der Waals surface area contributed by atoms with Gasteiger partial charge in [0, 0.05) is 0 Å². The highest BCUT2D eigenvalue weighted by Gasteiger charge is 2.41. The monoisotopic (exact) mass is 389 g/mol. The van der Waals surface area contributed by atoms with E-state index < -0.39 is 47.7 Å². The van der Waals surface area contributed by atoms with Gasteiger partial charge in [-0.2, -0.15) is 0 Å². The van der Waals surface area contributed by atoms with Crippen molar-refractivity contribution in [3.8, 4) is 0 Å². The fourth-order valence-corrected chi connectivity index (χ4v) is 2.82. The van der Waals surface area contributed by atoms with Gasteiger partial charge in [-0.3, -0.25) is 24.1 Å². The number of hydrogen-bond donors (Lipinski definition) is 2. The molecule has 0 saturated heterocycles. The molecule has 4 amide bonds. The molecule has 1 aliphatic rings. The van der Waals surface area contributed by atoms with Gasteiger partial charge in [0.25, 0.3) is 11.8 Å². The zero-order valence-corrected chi connectivity index (χ0v) is 16.4. The van der Waals surface area contributed by atoms with Crippen molar-refractivity contribution in [3.05, 3.63) is 34.9 Å². The number of imide groups is 1. The molecule has 0 saturated carbocycles. The summed E-state index contributed by atoms with van der Waals surface area (Å²) < 4.78 is 4.52. The predicted octanol–water partition coefficient (Wildman–Crippen LogP) is 0.162. The summed E-state index contributed by atoms with van der Waals surface area (Å²) in [4.78, 5) is 62.0. The van der Waals surface area contributed by atoms with Crippen LogP contribution in [0.25, 0.3) is 0 Å². The largest absolute Gasteiger partial charge is 0.467 e. The number of nitrogens with one attached hydrogen (secondary N) is 2. The first kappa shape index (κ1) is 21.1. The van der Waals surface area contributed by atoms with Crippen LogP contribution in [0.4, 0.5) is 0 Å². The second-order valence-corrected chi connectivity index (χ2v) is 6.69. The Morgan fingerprint density at radius 2 is 1.50 bits per heavy atom. The van der Waals surface area contributed by atoms with Gasteiger partial charge in [0.05, 0.1) is 18.2 Å². The zero-order chi connectivity index (χ0) is 21.2. The van der Waals surface area contributed by atoms with Gasteiger partial charge in [-0.25, -0.2) is 4.79 Å². The number of nitrogens with zero attached hydrogens (tertiary/aromatic N) is 1. The van der Waals surface area contributed by atoms with Crippen LogP contribution in [0.15, 0.2) is 18.2 Å². The molecule has 2 rings (SSSR count). The summed E-state index contributed by atoms with van der Waals surface area (Å²) in [5, 5.41) is 4.86. The second-order valence-electron chi connectivity index (χ2n) is 6.69. The van der Waals surface area contributed by atoms with Crippen LogP contribution in [0, 0.1) is 6.92 Å². The van der Waals surface area contributed by atoms with Crippen LogP contribution in [-0.2, 0) is 19.1 Å². The SMILES string of the molecule is COC(=O)[C@H](C)NC(=O)[C@H](C)NC(=O)C(C)N1C(=O)c2ccc(C)cc2C1=O. The van der Waals surface area contributed by atoms with Crippen LogP contribution in [0.2, 0.25) is 0 Å². The van der Waals surface area contributed by atoms with E-state index in [1.807, 2.05) is 0 Å². The number of methoxy groups -OCH3 is 1. The van der Waals surface area contributed by atoms with E-state index in [1.54, 1.807) is 25.1 Å². The third-order valence-corrected chi connectivity index (χ3v) is 4.51. The van der Waals surface area contributed by atoms with Crippen LogP contribution < -0.4 is 10.6 Å². The molecule has 1 unspecified atom stereocenters. The molecule has 150 valence electrons. The number of amides is 4. The molecule has 0 aromatic heterocycles. The van der Waals surface area contributed by atoms with E-state index in [9.17, 15) is 24.0 Å². The normalized spacial score (nSPS) is 16.1. The lowest BCUT2D eigenvalue weighted by Gasteiger charge is -2.24. The van der Waals surface area contributed by atoms with Gasteiger partial charge in [-0.1, -0.05) is 11.6 Å². The number of benzene rings is 1. The third-order valence-electron chi connectivity index (χ3n) is 4.51. The Kier molecular flexibility index (Phi) is 6.17. The molecule has 1 aromatic carbocycles. The van der Waals surface area contributed by atoms with E-state index in [2.05, 4.69) is 15.4 Å². The summed E-state index contributed by atoms with van der Waals surface area (Å²) in [6.45, 7) is 6.08. The molecular weight excluding hydrogens is 366 g/mol. The predicted molar refractivity (Wildman–Crippen MR) is 98.4 cm³/mol. The summed E-state index contributed by atoms with van der Waals surface area (Å²) in [6, 6.07) is 1.89. The van der Waals surface area contributed by atoms with Gasteiger partial charge in [-0.05, 0) is 39.8 Å². The average molecular weight is 389 g/mol. The molecule has 9 heteroatoms. The minimum absolute atomic E-state index is 0.243. The van der Waals surface area contributed by atoms with Gasteiger partial charge < -0.3 is 15.4 Å². The van der Waals surface area contributed by atoms with E-state index >= 15 is 0 Å². The topological polar surface area (TPSA) is 122 Å². The molecule has 1 heterocycles. The highest BCUT2D eigenvalue weighted by atomic mass is 16.5. The molecular formula is C19H23N3O6. The molecule has 0 radical (unpaired) electrons. The van der Waals surface area contributed by atoms with Crippen LogP contribution in [0.5, 0.6) is 0 Å². The Labute approximate surface area is 162 Å². The molecule has 0 bridgehead atoms. The van der Waals surface area contributed by atoms with Gasteiger partial charge in [0.2, 0.25) is 11.8 Å².